The Morgan fingerprint density at radius 2 is 1.89 bits per heavy atom. The fourth-order valence-corrected chi connectivity index (χ4v) is 5.11. The number of anilines is 1. The summed E-state index contributed by atoms with van der Waals surface area (Å²) in [5, 5.41) is 9.81. The summed E-state index contributed by atoms with van der Waals surface area (Å²) in [4.78, 5) is 29.6. The number of carbonyl (C=O) groups excluding carboxylic acids is 1. The highest BCUT2D eigenvalue weighted by Gasteiger charge is 2.38. The van der Waals surface area contributed by atoms with Crippen LogP contribution in [0.1, 0.15) is 49.4 Å². The smallest absolute Gasteiger partial charge is 0.329 e. The summed E-state index contributed by atoms with van der Waals surface area (Å²) in [5.74, 6) is -1.22. The van der Waals surface area contributed by atoms with Gasteiger partial charge in [0.15, 0.2) is 0 Å². The SMILES string of the molecule is CCC1Cc2cc(=O)[nH]cc2C(CC)N1C(=O)Nc1cc(-c2ccc3nonc3c2)c(C(F)(F)F)cc1F. The van der Waals surface area contributed by atoms with E-state index < -0.39 is 35.3 Å². The zero-order valence-electron chi connectivity index (χ0n) is 20.4. The van der Waals surface area contributed by atoms with Gasteiger partial charge in [-0.15, -0.1) is 0 Å². The van der Waals surface area contributed by atoms with E-state index in [4.69, 9.17) is 0 Å². The highest BCUT2D eigenvalue weighted by Crippen LogP contribution is 2.41. The molecule has 2 unspecified atom stereocenters. The first-order valence-electron chi connectivity index (χ1n) is 12.0. The number of hydrogen-bond donors (Lipinski definition) is 2. The van der Waals surface area contributed by atoms with E-state index in [0.29, 0.717) is 30.8 Å². The van der Waals surface area contributed by atoms with Crippen LogP contribution >= 0.6 is 0 Å². The molecule has 1 aliphatic heterocycles. The molecule has 0 saturated carbocycles. The number of benzene rings is 2. The molecule has 2 aromatic heterocycles. The lowest BCUT2D eigenvalue weighted by molar-refractivity contribution is -0.137. The van der Waals surface area contributed by atoms with Crippen molar-refractivity contribution in [2.45, 2.75) is 51.4 Å². The third kappa shape index (κ3) is 4.50. The second-order valence-electron chi connectivity index (χ2n) is 9.15. The Bertz CT molecular complexity index is 1580. The largest absolute Gasteiger partial charge is 0.417 e. The van der Waals surface area contributed by atoms with Crippen LogP contribution in [0.2, 0.25) is 0 Å². The minimum Gasteiger partial charge on any atom is -0.329 e. The summed E-state index contributed by atoms with van der Waals surface area (Å²) in [5.41, 5.74) is 0.112. The molecular formula is C26H23F4N5O3. The summed E-state index contributed by atoms with van der Waals surface area (Å²) in [7, 11) is 0. The highest BCUT2D eigenvalue weighted by atomic mass is 19.4. The molecule has 12 heteroatoms. The number of aromatic amines is 1. The summed E-state index contributed by atoms with van der Waals surface area (Å²) in [6, 6.07) is 5.68. The number of aromatic nitrogens is 3. The van der Waals surface area contributed by atoms with E-state index in [1.165, 1.54) is 24.3 Å². The van der Waals surface area contributed by atoms with Gasteiger partial charge >= 0.3 is 12.2 Å². The summed E-state index contributed by atoms with van der Waals surface area (Å²) >= 11 is 0. The lowest BCUT2D eigenvalue weighted by Crippen LogP contribution is -2.49. The number of nitrogens with one attached hydrogen (secondary N) is 2. The van der Waals surface area contributed by atoms with Gasteiger partial charge in [-0.05, 0) is 76.1 Å². The van der Waals surface area contributed by atoms with E-state index in [0.717, 1.165) is 17.2 Å². The predicted molar refractivity (Wildman–Crippen MR) is 131 cm³/mol. The van der Waals surface area contributed by atoms with Gasteiger partial charge in [-0.3, -0.25) is 4.79 Å². The van der Waals surface area contributed by atoms with E-state index in [2.05, 4.69) is 25.2 Å². The molecule has 0 spiro atoms. The Morgan fingerprint density at radius 3 is 2.61 bits per heavy atom. The number of alkyl halides is 3. The van der Waals surface area contributed by atoms with E-state index in [9.17, 15) is 22.8 Å². The molecule has 3 heterocycles. The maximum Gasteiger partial charge on any atom is 0.417 e. The molecule has 5 rings (SSSR count). The molecule has 0 radical (unpaired) electrons. The summed E-state index contributed by atoms with van der Waals surface area (Å²) in [6.45, 7) is 3.77. The summed E-state index contributed by atoms with van der Waals surface area (Å²) < 4.78 is 61.3. The number of pyridine rings is 1. The van der Waals surface area contributed by atoms with Crippen molar-refractivity contribution in [3.8, 4) is 11.1 Å². The Kier molecular flexibility index (Phi) is 6.41. The van der Waals surface area contributed by atoms with Gasteiger partial charge in [-0.2, -0.15) is 13.2 Å². The molecule has 4 aromatic rings. The minimum absolute atomic E-state index is 0.102. The van der Waals surface area contributed by atoms with E-state index in [1.54, 1.807) is 11.1 Å². The van der Waals surface area contributed by atoms with E-state index in [-0.39, 0.29) is 28.2 Å². The molecule has 2 aromatic carbocycles. The Hall–Kier alpha value is -4.22. The van der Waals surface area contributed by atoms with Crippen molar-refractivity contribution in [1.82, 2.24) is 20.2 Å². The van der Waals surface area contributed by atoms with Gasteiger partial charge in [0.25, 0.3) is 0 Å². The van der Waals surface area contributed by atoms with E-state index >= 15 is 4.39 Å². The van der Waals surface area contributed by atoms with Gasteiger partial charge in [-0.25, -0.2) is 13.8 Å². The van der Waals surface area contributed by atoms with Crippen LogP contribution < -0.4 is 10.9 Å². The van der Waals surface area contributed by atoms with Gasteiger partial charge in [0.1, 0.15) is 16.9 Å². The van der Waals surface area contributed by atoms with E-state index in [1.807, 2.05) is 13.8 Å². The third-order valence-corrected chi connectivity index (χ3v) is 6.90. The number of amides is 2. The van der Waals surface area contributed by atoms with Crippen LogP contribution in [0.25, 0.3) is 22.2 Å². The quantitative estimate of drug-likeness (QED) is 0.313. The van der Waals surface area contributed by atoms with Crippen LogP contribution in [-0.4, -0.2) is 32.3 Å². The molecular weight excluding hydrogens is 506 g/mol. The normalized spacial score (nSPS) is 17.5. The van der Waals surface area contributed by atoms with Crippen LogP contribution in [0.15, 0.2) is 52.0 Å². The second kappa shape index (κ2) is 9.58. The molecule has 198 valence electrons. The number of halogens is 4. The molecule has 0 bridgehead atoms. The number of hydrogen-bond acceptors (Lipinski definition) is 5. The lowest BCUT2D eigenvalue weighted by Gasteiger charge is -2.42. The molecule has 2 amide bonds. The number of rotatable bonds is 4. The predicted octanol–water partition coefficient (Wildman–Crippen LogP) is 6.06. The van der Waals surface area contributed by atoms with Crippen molar-refractivity contribution in [3.05, 3.63) is 75.5 Å². The van der Waals surface area contributed by atoms with Crippen molar-refractivity contribution in [2.75, 3.05) is 5.32 Å². The van der Waals surface area contributed by atoms with Crippen LogP contribution in [0.5, 0.6) is 0 Å². The number of fused-ring (bicyclic) bond motifs is 2. The van der Waals surface area contributed by atoms with Crippen molar-refractivity contribution >= 4 is 22.8 Å². The third-order valence-electron chi connectivity index (χ3n) is 6.90. The molecule has 38 heavy (non-hydrogen) atoms. The Morgan fingerprint density at radius 1 is 1.13 bits per heavy atom. The summed E-state index contributed by atoms with van der Waals surface area (Å²) in [6.07, 6.45) is -1.79. The van der Waals surface area contributed by atoms with Crippen molar-refractivity contribution in [1.29, 1.82) is 0 Å². The van der Waals surface area contributed by atoms with Crippen LogP contribution in [0.3, 0.4) is 0 Å². The molecule has 8 nitrogen and oxygen atoms in total. The molecule has 1 aliphatic rings. The molecule has 0 aliphatic carbocycles. The van der Waals surface area contributed by atoms with Crippen LogP contribution in [0, 0.1) is 5.82 Å². The molecule has 0 fully saturated rings. The zero-order chi connectivity index (χ0) is 27.2. The fourth-order valence-electron chi connectivity index (χ4n) is 5.11. The number of carbonyl (C=O) groups is 1. The second-order valence-corrected chi connectivity index (χ2v) is 9.15. The standard InChI is InChI=1S/C26H23F4N5O3/c1-3-15-7-14-9-24(36)31-12-17(14)23(4-2)35(15)25(37)32-21-10-16(18(11-19(21)27)26(28,29)30)13-5-6-20-22(8-13)34-38-33-20/h5-6,8-12,15,23H,3-4,7H2,1-2H3,(H,31,36)(H,32,37). The molecule has 2 N–H and O–H groups in total. The van der Waals surface area contributed by atoms with Crippen LogP contribution in [0.4, 0.5) is 28.0 Å². The van der Waals surface area contributed by atoms with Crippen molar-refractivity contribution in [2.24, 2.45) is 0 Å². The van der Waals surface area contributed by atoms with Gasteiger partial charge in [0.2, 0.25) is 5.56 Å². The van der Waals surface area contributed by atoms with Gasteiger partial charge in [-0.1, -0.05) is 19.9 Å². The maximum absolute atomic E-state index is 15.0. The van der Waals surface area contributed by atoms with Gasteiger partial charge < -0.3 is 15.2 Å². The highest BCUT2D eigenvalue weighted by molar-refractivity contribution is 5.92. The first kappa shape index (κ1) is 25.4. The zero-order valence-corrected chi connectivity index (χ0v) is 20.4. The minimum atomic E-state index is -4.86. The van der Waals surface area contributed by atoms with Gasteiger partial charge in [0, 0.05) is 18.3 Å². The first-order chi connectivity index (χ1) is 18.1. The molecule has 0 saturated heterocycles. The average molecular weight is 529 g/mol. The van der Waals surface area contributed by atoms with Crippen molar-refractivity contribution < 1.29 is 27.0 Å². The number of nitrogens with zero attached hydrogens (tertiary/aromatic N) is 3. The Balaban J connectivity index is 1.55. The Labute approximate surface area is 213 Å². The van der Waals surface area contributed by atoms with Crippen LogP contribution in [-0.2, 0) is 12.6 Å². The number of H-pyrrole nitrogens is 1. The topological polar surface area (TPSA) is 104 Å². The number of urea groups is 1. The average Bonchev–Trinajstić information content (AvgIpc) is 3.35. The van der Waals surface area contributed by atoms with Crippen molar-refractivity contribution in [3.63, 3.8) is 0 Å². The monoisotopic (exact) mass is 529 g/mol. The lowest BCUT2D eigenvalue weighted by atomic mass is 9.87. The fraction of sp³-hybridized carbons (Fsp3) is 0.308. The first-order valence-corrected chi connectivity index (χ1v) is 12.0. The van der Waals surface area contributed by atoms with Gasteiger partial charge in [0.05, 0.1) is 17.3 Å². The maximum atomic E-state index is 15.0. The molecule has 2 atom stereocenters.